The van der Waals surface area contributed by atoms with Gasteiger partial charge in [-0.3, -0.25) is 0 Å². The standard InChI is InChI=1S/C24H34N4O2/c1-4-6-7-8-9-10-11-12-22-25-18(3)23-21(17-29)26-24(27-28(22)23)19-13-15-20(16-14-19)30-5-2/h13-17,21H,4-12H2,1-3H3,(H,26,27). The fourth-order valence-electron chi connectivity index (χ4n) is 3.92. The van der Waals surface area contributed by atoms with Crippen molar-refractivity contribution < 1.29 is 9.53 Å². The second kappa shape index (κ2) is 11.0. The highest BCUT2D eigenvalue weighted by Crippen LogP contribution is 2.25. The van der Waals surface area contributed by atoms with Gasteiger partial charge in [0, 0.05) is 12.0 Å². The number of aryl methyl sites for hydroxylation is 2. The van der Waals surface area contributed by atoms with Crippen molar-refractivity contribution in [1.29, 1.82) is 0 Å². The second-order valence-electron chi connectivity index (χ2n) is 7.85. The van der Waals surface area contributed by atoms with E-state index in [4.69, 9.17) is 14.8 Å². The number of rotatable bonds is 12. The zero-order valence-corrected chi connectivity index (χ0v) is 18.5. The Labute approximate surface area is 179 Å². The van der Waals surface area contributed by atoms with Gasteiger partial charge in [-0.25, -0.2) is 9.66 Å². The minimum atomic E-state index is -0.445. The molecule has 6 heteroatoms. The number of aldehydes is 1. The molecule has 1 unspecified atom stereocenters. The van der Waals surface area contributed by atoms with Gasteiger partial charge in [0.25, 0.3) is 0 Å². The molecule has 0 amide bonds. The first-order valence-corrected chi connectivity index (χ1v) is 11.3. The van der Waals surface area contributed by atoms with E-state index in [1.165, 1.54) is 38.5 Å². The molecule has 1 aromatic heterocycles. The Morgan fingerprint density at radius 3 is 2.43 bits per heavy atom. The quantitative estimate of drug-likeness (QED) is 0.398. The largest absolute Gasteiger partial charge is 0.494 e. The highest BCUT2D eigenvalue weighted by Gasteiger charge is 2.28. The van der Waals surface area contributed by atoms with E-state index in [9.17, 15) is 4.79 Å². The Bertz CT molecular complexity index is 855. The van der Waals surface area contributed by atoms with Crippen LogP contribution in [0.4, 0.5) is 0 Å². The molecular weight excluding hydrogens is 376 g/mol. The monoisotopic (exact) mass is 410 g/mol. The summed E-state index contributed by atoms with van der Waals surface area (Å²) in [4.78, 5) is 16.5. The molecule has 162 valence electrons. The van der Waals surface area contributed by atoms with Gasteiger partial charge in [-0.1, -0.05) is 45.4 Å². The van der Waals surface area contributed by atoms with Crippen LogP contribution in [0.2, 0.25) is 0 Å². The van der Waals surface area contributed by atoms with Crippen molar-refractivity contribution in [2.45, 2.75) is 78.2 Å². The van der Waals surface area contributed by atoms with Gasteiger partial charge in [-0.15, -0.1) is 5.10 Å². The van der Waals surface area contributed by atoms with Gasteiger partial charge >= 0.3 is 0 Å². The lowest BCUT2D eigenvalue weighted by Gasteiger charge is -2.23. The number of nitrogens with one attached hydrogen (secondary N) is 1. The zero-order valence-electron chi connectivity index (χ0n) is 18.5. The summed E-state index contributed by atoms with van der Waals surface area (Å²) in [5.74, 6) is 2.44. The first kappa shape index (κ1) is 22.1. The molecule has 0 saturated heterocycles. The first-order chi connectivity index (χ1) is 14.7. The van der Waals surface area contributed by atoms with Crippen molar-refractivity contribution in [3.63, 3.8) is 0 Å². The normalized spacial score (nSPS) is 15.3. The number of carbonyl (C=O) groups is 1. The fourth-order valence-corrected chi connectivity index (χ4v) is 3.92. The lowest BCUT2D eigenvalue weighted by molar-refractivity contribution is -0.109. The molecule has 0 aliphatic carbocycles. The van der Waals surface area contributed by atoms with Gasteiger partial charge in [-0.2, -0.15) is 0 Å². The van der Waals surface area contributed by atoms with Crippen molar-refractivity contribution in [3.05, 3.63) is 47.0 Å². The van der Waals surface area contributed by atoms with E-state index in [1.807, 2.05) is 42.8 Å². The number of aromatic nitrogens is 2. The predicted molar refractivity (Wildman–Crippen MR) is 120 cm³/mol. The van der Waals surface area contributed by atoms with E-state index < -0.39 is 6.04 Å². The molecule has 0 fully saturated rings. The number of fused-ring (bicyclic) bond motifs is 1. The van der Waals surface area contributed by atoms with Crippen LogP contribution in [0.1, 0.15) is 87.6 Å². The van der Waals surface area contributed by atoms with Crippen LogP contribution in [0, 0.1) is 6.92 Å². The van der Waals surface area contributed by atoms with Crippen molar-refractivity contribution >= 4 is 12.1 Å². The maximum atomic E-state index is 11.8. The van der Waals surface area contributed by atoms with E-state index in [0.29, 0.717) is 12.4 Å². The topological polar surface area (TPSA) is 68.5 Å². The lowest BCUT2D eigenvalue weighted by Crippen LogP contribution is -2.36. The first-order valence-electron chi connectivity index (χ1n) is 11.3. The highest BCUT2D eigenvalue weighted by atomic mass is 16.5. The molecule has 6 nitrogen and oxygen atoms in total. The van der Waals surface area contributed by atoms with Crippen molar-refractivity contribution in [2.75, 3.05) is 6.61 Å². The summed E-state index contributed by atoms with van der Waals surface area (Å²) in [6.07, 6.45) is 10.6. The number of amidine groups is 1. The molecular formula is C24H34N4O2. The van der Waals surface area contributed by atoms with Gasteiger partial charge in [0.05, 0.1) is 18.0 Å². The number of hydrogen-bond acceptors (Lipinski definition) is 5. The van der Waals surface area contributed by atoms with Gasteiger partial charge in [-0.05, 0) is 44.5 Å². The molecule has 0 spiro atoms. The van der Waals surface area contributed by atoms with E-state index in [-0.39, 0.29) is 0 Å². The van der Waals surface area contributed by atoms with Gasteiger partial charge in [0.1, 0.15) is 23.9 Å². The zero-order chi connectivity index (χ0) is 21.3. The smallest absolute Gasteiger partial charge is 0.155 e. The third-order valence-electron chi connectivity index (χ3n) is 5.51. The van der Waals surface area contributed by atoms with Gasteiger partial charge < -0.3 is 14.8 Å². The number of ether oxygens (including phenoxy) is 1. The number of nitrogens with zero attached hydrogens (tertiary/aromatic N) is 3. The number of unbranched alkanes of at least 4 members (excludes halogenated alkanes) is 6. The Morgan fingerprint density at radius 2 is 1.77 bits per heavy atom. The van der Waals surface area contributed by atoms with Crippen LogP contribution in [-0.4, -0.2) is 28.4 Å². The molecule has 3 rings (SSSR count). The van der Waals surface area contributed by atoms with E-state index in [2.05, 4.69) is 12.2 Å². The lowest BCUT2D eigenvalue weighted by atomic mass is 10.1. The van der Waals surface area contributed by atoms with E-state index in [1.54, 1.807) is 0 Å². The fraction of sp³-hybridized carbons (Fsp3) is 0.542. The highest BCUT2D eigenvalue weighted by molar-refractivity contribution is 6.00. The average molecular weight is 411 g/mol. The summed E-state index contributed by atoms with van der Waals surface area (Å²) in [6.45, 7) is 6.79. The Hall–Kier alpha value is -2.63. The predicted octanol–water partition coefficient (Wildman–Crippen LogP) is 4.94. The maximum absolute atomic E-state index is 11.8. The van der Waals surface area contributed by atoms with Gasteiger partial charge in [0.15, 0.2) is 5.84 Å². The number of carbonyl (C=O) groups excluding carboxylic acids is 1. The molecule has 0 radical (unpaired) electrons. The molecule has 0 saturated carbocycles. The van der Waals surface area contributed by atoms with Crippen LogP contribution in [0.5, 0.6) is 5.75 Å². The molecule has 30 heavy (non-hydrogen) atoms. The minimum absolute atomic E-state index is 0.445. The molecule has 1 aliphatic heterocycles. The summed E-state index contributed by atoms with van der Waals surface area (Å²) < 4.78 is 7.41. The van der Waals surface area contributed by atoms with Crippen LogP contribution in [-0.2, 0) is 11.2 Å². The third kappa shape index (κ3) is 5.29. The van der Waals surface area contributed by atoms with Crippen molar-refractivity contribution in [2.24, 2.45) is 5.10 Å². The van der Waals surface area contributed by atoms with Gasteiger partial charge in [0.2, 0.25) is 0 Å². The molecule has 1 aliphatic rings. The Morgan fingerprint density at radius 1 is 1.07 bits per heavy atom. The summed E-state index contributed by atoms with van der Waals surface area (Å²) in [7, 11) is 0. The van der Waals surface area contributed by atoms with Crippen LogP contribution in [0.3, 0.4) is 0 Å². The number of hydrogen-bond donors (Lipinski definition) is 1. The van der Waals surface area contributed by atoms with Crippen LogP contribution in [0.25, 0.3) is 0 Å². The summed E-state index contributed by atoms with van der Waals surface area (Å²) in [5.41, 5.74) is 2.63. The molecule has 2 aromatic rings. The molecule has 1 aromatic carbocycles. The van der Waals surface area contributed by atoms with E-state index in [0.717, 1.165) is 47.7 Å². The van der Waals surface area contributed by atoms with Crippen LogP contribution < -0.4 is 10.1 Å². The van der Waals surface area contributed by atoms with Crippen molar-refractivity contribution in [1.82, 2.24) is 15.0 Å². The minimum Gasteiger partial charge on any atom is -0.494 e. The molecule has 0 bridgehead atoms. The molecule has 1 atom stereocenters. The van der Waals surface area contributed by atoms with E-state index >= 15 is 0 Å². The Kier molecular flexibility index (Phi) is 8.05. The third-order valence-corrected chi connectivity index (χ3v) is 5.51. The van der Waals surface area contributed by atoms with Crippen LogP contribution in [0.15, 0.2) is 29.4 Å². The Balaban J connectivity index is 1.74. The average Bonchev–Trinajstić information content (AvgIpc) is 3.09. The summed E-state index contributed by atoms with van der Waals surface area (Å²) in [6, 6.07) is 7.33. The second-order valence-corrected chi connectivity index (χ2v) is 7.85. The molecule has 2 heterocycles. The maximum Gasteiger partial charge on any atom is 0.155 e. The SMILES string of the molecule is CCCCCCCCCc1nc(C)c2n1N=C(c1ccc(OCC)cc1)NC2C=O. The number of benzene rings is 1. The van der Waals surface area contributed by atoms with Crippen molar-refractivity contribution in [3.8, 4) is 5.75 Å². The summed E-state index contributed by atoms with van der Waals surface area (Å²) >= 11 is 0. The number of imidazole rings is 1. The molecule has 1 N–H and O–H groups in total. The van der Waals surface area contributed by atoms with Crippen LogP contribution >= 0.6 is 0 Å². The summed E-state index contributed by atoms with van der Waals surface area (Å²) in [5, 5.41) is 8.07.